The Morgan fingerprint density at radius 1 is 1.21 bits per heavy atom. The van der Waals surface area contributed by atoms with E-state index in [0.717, 1.165) is 48.9 Å². The Balaban J connectivity index is 1.25. The largest absolute Gasteiger partial charge is 0.492 e. The zero-order chi connectivity index (χ0) is 18.7. The van der Waals surface area contributed by atoms with Crippen molar-refractivity contribution in [2.45, 2.75) is 44.3 Å². The Morgan fingerprint density at radius 2 is 2.07 bits per heavy atom. The average molecular weight is 397 g/mol. The average Bonchev–Trinajstić information content (AvgIpc) is 3.41. The molecule has 146 valence electrons. The summed E-state index contributed by atoms with van der Waals surface area (Å²) in [5.41, 5.74) is 3.05. The molecular formula is C21H24N4O2S. The van der Waals surface area contributed by atoms with Crippen LogP contribution in [0.25, 0.3) is 0 Å². The molecule has 1 aromatic carbocycles. The Morgan fingerprint density at radius 3 is 2.93 bits per heavy atom. The van der Waals surface area contributed by atoms with Crippen molar-refractivity contribution in [2.75, 3.05) is 31.1 Å². The second-order valence-electron chi connectivity index (χ2n) is 8.19. The van der Waals surface area contributed by atoms with Gasteiger partial charge in [-0.3, -0.25) is 4.79 Å². The van der Waals surface area contributed by atoms with E-state index in [4.69, 9.17) is 9.72 Å². The summed E-state index contributed by atoms with van der Waals surface area (Å²) in [4.78, 5) is 24.0. The summed E-state index contributed by atoms with van der Waals surface area (Å²) >= 11 is 1.79. The molecule has 2 atom stereocenters. The molecule has 1 aromatic heterocycles. The summed E-state index contributed by atoms with van der Waals surface area (Å²) < 4.78 is 5.76. The van der Waals surface area contributed by atoms with Gasteiger partial charge in [-0.1, -0.05) is 23.5 Å². The minimum atomic E-state index is 0.0848. The van der Waals surface area contributed by atoms with Crippen LogP contribution in [0.15, 0.2) is 18.2 Å². The molecule has 4 aliphatic rings. The number of benzene rings is 1. The lowest BCUT2D eigenvalue weighted by Gasteiger charge is -2.35. The highest BCUT2D eigenvalue weighted by Gasteiger charge is 2.39. The maximum atomic E-state index is 13.2. The first-order chi connectivity index (χ1) is 13.8. The van der Waals surface area contributed by atoms with Crippen LogP contribution in [0.2, 0.25) is 0 Å². The molecule has 4 aliphatic heterocycles. The van der Waals surface area contributed by atoms with Gasteiger partial charge in [0.15, 0.2) is 5.13 Å². The number of carbonyl (C=O) groups excluding carboxylic acids is 1. The number of ether oxygens (including phenoxy) is 1. The van der Waals surface area contributed by atoms with Crippen molar-refractivity contribution in [1.82, 2.24) is 15.2 Å². The highest BCUT2D eigenvalue weighted by Crippen LogP contribution is 2.38. The van der Waals surface area contributed by atoms with Gasteiger partial charge in [0.2, 0.25) is 0 Å². The number of para-hydroxylation sites is 1. The number of hydrogen-bond donors (Lipinski definition) is 1. The molecule has 0 radical (unpaired) electrons. The van der Waals surface area contributed by atoms with Crippen molar-refractivity contribution in [3.63, 3.8) is 0 Å². The maximum absolute atomic E-state index is 13.2. The molecule has 2 aromatic rings. The molecule has 28 heavy (non-hydrogen) atoms. The van der Waals surface area contributed by atoms with Crippen LogP contribution < -0.4 is 15.0 Å². The van der Waals surface area contributed by atoms with Crippen LogP contribution in [0, 0.1) is 0 Å². The lowest BCUT2D eigenvalue weighted by molar-refractivity contribution is 0.0732. The molecule has 0 saturated carbocycles. The van der Waals surface area contributed by atoms with Gasteiger partial charge in [0.05, 0.1) is 24.4 Å². The van der Waals surface area contributed by atoms with Crippen molar-refractivity contribution in [3.05, 3.63) is 39.9 Å². The Hall–Kier alpha value is -2.12. The van der Waals surface area contributed by atoms with Crippen LogP contribution in [-0.4, -0.2) is 54.1 Å². The second-order valence-corrected chi connectivity index (χ2v) is 9.25. The van der Waals surface area contributed by atoms with Crippen LogP contribution in [0.3, 0.4) is 0 Å². The fourth-order valence-corrected chi connectivity index (χ4v) is 6.38. The molecule has 2 unspecified atom stereocenters. The summed E-state index contributed by atoms with van der Waals surface area (Å²) in [7, 11) is 0. The number of amides is 1. The number of nitrogens with zero attached hydrogens (tertiary/aromatic N) is 3. The van der Waals surface area contributed by atoms with Crippen molar-refractivity contribution in [2.24, 2.45) is 0 Å². The number of anilines is 1. The summed E-state index contributed by atoms with van der Waals surface area (Å²) in [6.45, 7) is 4.19. The molecule has 0 aliphatic carbocycles. The highest BCUT2D eigenvalue weighted by molar-refractivity contribution is 7.15. The number of fused-ring (bicyclic) bond motifs is 4. The van der Waals surface area contributed by atoms with Gasteiger partial charge in [0.1, 0.15) is 5.75 Å². The summed E-state index contributed by atoms with van der Waals surface area (Å²) in [6, 6.07) is 7.09. The van der Waals surface area contributed by atoms with E-state index in [9.17, 15) is 4.79 Å². The highest BCUT2D eigenvalue weighted by atomic mass is 32.1. The van der Waals surface area contributed by atoms with Gasteiger partial charge in [0, 0.05) is 49.4 Å². The number of piperazine rings is 1. The molecule has 1 amide bonds. The normalized spacial score (nSPS) is 25.4. The monoisotopic (exact) mass is 396 g/mol. The summed E-state index contributed by atoms with van der Waals surface area (Å²) in [5.74, 6) is 0.877. The second kappa shape index (κ2) is 6.46. The summed E-state index contributed by atoms with van der Waals surface area (Å²) in [6.07, 6.45) is 4.25. The van der Waals surface area contributed by atoms with Crippen LogP contribution in [-0.2, 0) is 19.4 Å². The topological polar surface area (TPSA) is 57.7 Å². The predicted octanol–water partition coefficient (Wildman–Crippen LogP) is 2.22. The number of rotatable bonds is 2. The third kappa shape index (κ3) is 2.56. The molecular weight excluding hydrogens is 372 g/mol. The lowest BCUT2D eigenvalue weighted by Crippen LogP contribution is -2.51. The van der Waals surface area contributed by atoms with E-state index in [-0.39, 0.29) is 5.91 Å². The quantitative estimate of drug-likeness (QED) is 0.844. The molecule has 0 spiro atoms. The van der Waals surface area contributed by atoms with Gasteiger partial charge >= 0.3 is 0 Å². The SMILES string of the molecule is O=C(c1cccc2c1OCC2)N1CCc2nc(N3C4CCC3CNC4)sc2C1. The minimum absolute atomic E-state index is 0.0848. The zero-order valence-electron chi connectivity index (χ0n) is 15.8. The van der Waals surface area contributed by atoms with Crippen LogP contribution in [0.5, 0.6) is 5.75 Å². The van der Waals surface area contributed by atoms with Gasteiger partial charge < -0.3 is 19.9 Å². The van der Waals surface area contributed by atoms with Crippen LogP contribution in [0.1, 0.15) is 39.3 Å². The molecule has 2 bridgehead atoms. The van der Waals surface area contributed by atoms with Gasteiger partial charge in [-0.2, -0.15) is 0 Å². The Labute approximate surface area is 168 Å². The van der Waals surface area contributed by atoms with E-state index < -0.39 is 0 Å². The van der Waals surface area contributed by atoms with E-state index in [1.807, 2.05) is 17.0 Å². The maximum Gasteiger partial charge on any atom is 0.257 e. The molecule has 6 rings (SSSR count). The van der Waals surface area contributed by atoms with E-state index in [0.29, 0.717) is 30.8 Å². The van der Waals surface area contributed by atoms with Crippen molar-refractivity contribution >= 4 is 22.4 Å². The van der Waals surface area contributed by atoms with Gasteiger partial charge in [-0.15, -0.1) is 0 Å². The minimum Gasteiger partial charge on any atom is -0.492 e. The predicted molar refractivity (Wildman–Crippen MR) is 108 cm³/mol. The first-order valence-electron chi connectivity index (χ1n) is 10.3. The van der Waals surface area contributed by atoms with E-state index >= 15 is 0 Å². The van der Waals surface area contributed by atoms with E-state index in [1.165, 1.54) is 23.4 Å². The zero-order valence-corrected chi connectivity index (χ0v) is 16.6. The van der Waals surface area contributed by atoms with Gasteiger partial charge in [0.25, 0.3) is 5.91 Å². The fourth-order valence-electron chi connectivity index (χ4n) is 5.11. The fraction of sp³-hybridized carbons (Fsp3) is 0.524. The standard InChI is InChI=1S/C21H24N4O2S/c26-20(16-3-1-2-13-7-9-27-19(13)16)24-8-6-17-18(12-24)28-21(23-17)25-14-4-5-15(25)11-22-10-14/h1-3,14-15,22H,4-12H2. The van der Waals surface area contributed by atoms with Gasteiger partial charge in [-0.05, 0) is 24.5 Å². The molecule has 2 saturated heterocycles. The summed E-state index contributed by atoms with van der Waals surface area (Å²) in [5, 5.41) is 4.70. The number of carbonyl (C=O) groups is 1. The number of nitrogens with one attached hydrogen (secondary N) is 1. The lowest BCUT2D eigenvalue weighted by atomic mass is 10.1. The molecule has 1 N–H and O–H groups in total. The first kappa shape index (κ1) is 16.8. The third-order valence-electron chi connectivity index (χ3n) is 6.55. The molecule has 7 heteroatoms. The van der Waals surface area contributed by atoms with Crippen LogP contribution in [0.4, 0.5) is 5.13 Å². The third-order valence-corrected chi connectivity index (χ3v) is 7.65. The molecule has 6 nitrogen and oxygen atoms in total. The van der Waals surface area contributed by atoms with Crippen molar-refractivity contribution in [3.8, 4) is 5.75 Å². The first-order valence-corrected chi connectivity index (χ1v) is 11.1. The molecule has 2 fully saturated rings. The number of thiazole rings is 1. The number of aromatic nitrogens is 1. The van der Waals surface area contributed by atoms with Crippen molar-refractivity contribution in [1.29, 1.82) is 0 Å². The van der Waals surface area contributed by atoms with E-state index in [2.05, 4.69) is 16.3 Å². The van der Waals surface area contributed by atoms with Crippen LogP contribution >= 0.6 is 11.3 Å². The Kier molecular flexibility index (Phi) is 3.87. The Bertz CT molecular complexity index is 926. The molecule has 5 heterocycles. The van der Waals surface area contributed by atoms with Crippen molar-refractivity contribution < 1.29 is 9.53 Å². The van der Waals surface area contributed by atoms with E-state index in [1.54, 1.807) is 11.3 Å². The smallest absolute Gasteiger partial charge is 0.257 e. The van der Waals surface area contributed by atoms with Gasteiger partial charge in [-0.25, -0.2) is 4.98 Å². The number of hydrogen-bond acceptors (Lipinski definition) is 6.